The lowest BCUT2D eigenvalue weighted by molar-refractivity contribution is 0.103. The number of benzene rings is 1. The van der Waals surface area contributed by atoms with Gasteiger partial charge in [-0.15, -0.1) is 0 Å². The second kappa shape index (κ2) is 5.88. The lowest BCUT2D eigenvalue weighted by atomic mass is 9.91. The Morgan fingerprint density at radius 3 is 2.40 bits per heavy atom. The minimum absolute atomic E-state index is 0.308. The van der Waals surface area contributed by atoms with Crippen molar-refractivity contribution in [3.8, 4) is 0 Å². The Bertz CT molecular complexity index is 323. The maximum atomic E-state index is 10.2. The van der Waals surface area contributed by atoms with Crippen molar-refractivity contribution >= 4 is 27.5 Å². The summed E-state index contributed by atoms with van der Waals surface area (Å²) in [5, 5.41) is 10.9. The quantitative estimate of drug-likeness (QED) is 0.861. The molecular formula is C12H16BrClO. The molecule has 0 aliphatic rings. The van der Waals surface area contributed by atoms with Crippen LogP contribution in [-0.2, 0) is 0 Å². The summed E-state index contributed by atoms with van der Waals surface area (Å²) in [6.07, 6.45) is 1.55. The monoisotopic (exact) mass is 290 g/mol. The zero-order valence-corrected chi connectivity index (χ0v) is 11.3. The van der Waals surface area contributed by atoms with Gasteiger partial charge >= 0.3 is 0 Å². The molecule has 0 saturated heterocycles. The van der Waals surface area contributed by atoms with Gasteiger partial charge in [0.25, 0.3) is 0 Å². The van der Waals surface area contributed by atoms with E-state index in [2.05, 4.69) is 29.8 Å². The van der Waals surface area contributed by atoms with Crippen LogP contribution >= 0.6 is 27.5 Å². The van der Waals surface area contributed by atoms with Gasteiger partial charge in [-0.2, -0.15) is 0 Å². The van der Waals surface area contributed by atoms with Crippen molar-refractivity contribution in [2.75, 3.05) is 0 Å². The molecule has 3 heteroatoms. The number of aliphatic hydroxyl groups excluding tert-OH is 1. The molecule has 1 aromatic carbocycles. The SMILES string of the molecule is CCC(CC)C(O)c1ccc(Cl)cc1Br. The Balaban J connectivity index is 2.94. The maximum absolute atomic E-state index is 10.2. The lowest BCUT2D eigenvalue weighted by Crippen LogP contribution is -2.11. The zero-order chi connectivity index (χ0) is 11.4. The van der Waals surface area contributed by atoms with Crippen LogP contribution in [0.15, 0.2) is 22.7 Å². The molecule has 0 spiro atoms. The minimum Gasteiger partial charge on any atom is -0.388 e. The van der Waals surface area contributed by atoms with E-state index in [0.29, 0.717) is 10.9 Å². The molecule has 1 unspecified atom stereocenters. The van der Waals surface area contributed by atoms with E-state index in [0.717, 1.165) is 22.9 Å². The van der Waals surface area contributed by atoms with E-state index in [4.69, 9.17) is 11.6 Å². The molecule has 1 atom stereocenters. The molecule has 84 valence electrons. The van der Waals surface area contributed by atoms with Gasteiger partial charge in [0.1, 0.15) is 0 Å². The van der Waals surface area contributed by atoms with Crippen LogP contribution in [0.2, 0.25) is 5.02 Å². The number of hydrogen-bond acceptors (Lipinski definition) is 1. The van der Waals surface area contributed by atoms with Crippen LogP contribution < -0.4 is 0 Å². The van der Waals surface area contributed by atoms with Crippen molar-refractivity contribution < 1.29 is 5.11 Å². The van der Waals surface area contributed by atoms with Crippen molar-refractivity contribution in [2.45, 2.75) is 32.8 Å². The Kier molecular flexibility index (Phi) is 5.10. The molecule has 0 bridgehead atoms. The van der Waals surface area contributed by atoms with E-state index in [-0.39, 0.29) is 0 Å². The van der Waals surface area contributed by atoms with Gasteiger partial charge in [-0.1, -0.05) is 60.3 Å². The van der Waals surface area contributed by atoms with Gasteiger partial charge in [0, 0.05) is 9.50 Å². The van der Waals surface area contributed by atoms with E-state index >= 15 is 0 Å². The molecule has 15 heavy (non-hydrogen) atoms. The number of rotatable bonds is 4. The van der Waals surface area contributed by atoms with Crippen molar-refractivity contribution in [2.24, 2.45) is 5.92 Å². The second-order valence-corrected chi connectivity index (χ2v) is 4.98. The first kappa shape index (κ1) is 13.0. The molecule has 1 rings (SSSR count). The van der Waals surface area contributed by atoms with Crippen LogP contribution in [0.1, 0.15) is 38.4 Å². The van der Waals surface area contributed by atoms with Crippen molar-refractivity contribution in [3.05, 3.63) is 33.3 Å². The Hall–Kier alpha value is -0.0500. The van der Waals surface area contributed by atoms with Crippen LogP contribution in [0.4, 0.5) is 0 Å². The largest absolute Gasteiger partial charge is 0.388 e. The fraction of sp³-hybridized carbons (Fsp3) is 0.500. The molecule has 1 nitrogen and oxygen atoms in total. The highest BCUT2D eigenvalue weighted by atomic mass is 79.9. The van der Waals surface area contributed by atoms with E-state index in [1.807, 2.05) is 18.2 Å². The van der Waals surface area contributed by atoms with Crippen LogP contribution in [0.25, 0.3) is 0 Å². The third-order valence-electron chi connectivity index (χ3n) is 2.78. The van der Waals surface area contributed by atoms with E-state index in [1.54, 1.807) is 0 Å². The second-order valence-electron chi connectivity index (χ2n) is 3.69. The molecule has 0 heterocycles. The van der Waals surface area contributed by atoms with Gasteiger partial charge in [-0.3, -0.25) is 0 Å². The fourth-order valence-corrected chi connectivity index (χ4v) is 2.65. The molecule has 0 radical (unpaired) electrons. The number of halogens is 2. The number of hydrogen-bond donors (Lipinski definition) is 1. The molecular weight excluding hydrogens is 275 g/mol. The third kappa shape index (κ3) is 3.20. The van der Waals surface area contributed by atoms with Crippen LogP contribution in [0.3, 0.4) is 0 Å². The molecule has 1 aromatic rings. The predicted octanol–water partition coefficient (Wildman–Crippen LogP) is 4.57. The predicted molar refractivity (Wildman–Crippen MR) is 68.2 cm³/mol. The summed E-state index contributed by atoms with van der Waals surface area (Å²) in [5.41, 5.74) is 0.924. The normalized spacial score (nSPS) is 13.2. The summed E-state index contributed by atoms with van der Waals surface area (Å²) in [6, 6.07) is 5.52. The highest BCUT2D eigenvalue weighted by Crippen LogP contribution is 2.33. The Morgan fingerprint density at radius 1 is 1.33 bits per heavy atom. The van der Waals surface area contributed by atoms with Crippen LogP contribution in [0.5, 0.6) is 0 Å². The maximum Gasteiger partial charge on any atom is 0.0828 e. The molecule has 0 saturated carbocycles. The summed E-state index contributed by atoms with van der Waals surface area (Å²) in [4.78, 5) is 0. The van der Waals surface area contributed by atoms with Crippen molar-refractivity contribution in [1.82, 2.24) is 0 Å². The fourth-order valence-electron chi connectivity index (χ4n) is 1.73. The standard InChI is InChI=1S/C12H16BrClO/c1-3-8(4-2)12(15)10-6-5-9(14)7-11(10)13/h5-8,12,15H,3-4H2,1-2H3. The van der Waals surface area contributed by atoms with Crippen molar-refractivity contribution in [1.29, 1.82) is 0 Å². The van der Waals surface area contributed by atoms with Gasteiger partial charge < -0.3 is 5.11 Å². The smallest absolute Gasteiger partial charge is 0.0828 e. The molecule has 0 aliphatic carbocycles. The van der Waals surface area contributed by atoms with Gasteiger partial charge in [-0.05, 0) is 23.6 Å². The number of aliphatic hydroxyl groups is 1. The van der Waals surface area contributed by atoms with E-state index < -0.39 is 6.10 Å². The van der Waals surface area contributed by atoms with Gasteiger partial charge in [0.15, 0.2) is 0 Å². The lowest BCUT2D eigenvalue weighted by Gasteiger charge is -2.21. The van der Waals surface area contributed by atoms with E-state index in [9.17, 15) is 5.11 Å². The summed E-state index contributed by atoms with van der Waals surface area (Å²) >= 11 is 9.29. The molecule has 1 N–H and O–H groups in total. The Labute approximate surface area is 105 Å². The highest BCUT2D eigenvalue weighted by Gasteiger charge is 2.19. The molecule has 0 aromatic heterocycles. The first-order valence-electron chi connectivity index (χ1n) is 5.23. The van der Waals surface area contributed by atoms with Crippen LogP contribution in [-0.4, -0.2) is 5.11 Å². The first-order chi connectivity index (χ1) is 7.10. The van der Waals surface area contributed by atoms with E-state index in [1.165, 1.54) is 0 Å². The first-order valence-corrected chi connectivity index (χ1v) is 6.40. The van der Waals surface area contributed by atoms with Crippen molar-refractivity contribution in [3.63, 3.8) is 0 Å². The Morgan fingerprint density at radius 2 is 1.93 bits per heavy atom. The average Bonchev–Trinajstić information content (AvgIpc) is 2.19. The molecule has 0 fully saturated rings. The molecule has 0 amide bonds. The summed E-state index contributed by atoms with van der Waals surface area (Å²) in [7, 11) is 0. The van der Waals surface area contributed by atoms with Gasteiger partial charge in [0.05, 0.1) is 6.10 Å². The highest BCUT2D eigenvalue weighted by molar-refractivity contribution is 9.10. The topological polar surface area (TPSA) is 20.2 Å². The van der Waals surface area contributed by atoms with Gasteiger partial charge in [0.2, 0.25) is 0 Å². The minimum atomic E-state index is -0.411. The third-order valence-corrected chi connectivity index (χ3v) is 3.70. The average molecular weight is 292 g/mol. The zero-order valence-electron chi connectivity index (χ0n) is 9.00. The summed E-state index contributed by atoms with van der Waals surface area (Å²) in [5.74, 6) is 0.308. The van der Waals surface area contributed by atoms with Crippen LogP contribution in [0, 0.1) is 5.92 Å². The van der Waals surface area contributed by atoms with Gasteiger partial charge in [-0.25, -0.2) is 0 Å². The molecule has 0 aliphatic heterocycles. The summed E-state index contributed by atoms with van der Waals surface area (Å²) in [6.45, 7) is 4.20. The summed E-state index contributed by atoms with van der Waals surface area (Å²) < 4.78 is 0.884.